The van der Waals surface area contributed by atoms with E-state index in [2.05, 4.69) is 15.6 Å². The number of hydrazone groups is 1. The number of nitrogens with one attached hydrogen (secondary N) is 1. The van der Waals surface area contributed by atoms with E-state index in [1.807, 2.05) is 0 Å². The highest BCUT2D eigenvalue weighted by atomic mass is 16.6. The summed E-state index contributed by atoms with van der Waals surface area (Å²) in [5.74, 6) is 0.900. The zero-order chi connectivity index (χ0) is 24.0. The first-order chi connectivity index (χ1) is 15.9. The minimum Gasteiger partial charge on any atom is -0.496 e. The van der Waals surface area contributed by atoms with Crippen molar-refractivity contribution >= 4 is 17.9 Å². The monoisotopic (exact) mass is 453 g/mol. The molecule has 172 valence electrons. The third-order valence-electron chi connectivity index (χ3n) is 4.82. The Morgan fingerprint density at radius 2 is 1.76 bits per heavy atom. The van der Waals surface area contributed by atoms with E-state index in [1.54, 1.807) is 43.3 Å². The van der Waals surface area contributed by atoms with Crippen molar-refractivity contribution in [1.82, 2.24) is 15.2 Å². The van der Waals surface area contributed by atoms with E-state index in [0.29, 0.717) is 40.6 Å². The molecule has 3 aromatic rings. The predicted molar refractivity (Wildman–Crippen MR) is 120 cm³/mol. The van der Waals surface area contributed by atoms with E-state index >= 15 is 0 Å². The summed E-state index contributed by atoms with van der Waals surface area (Å²) in [5.41, 5.74) is 4.91. The molecule has 1 heterocycles. The van der Waals surface area contributed by atoms with Crippen LogP contribution in [0.5, 0.6) is 17.2 Å². The van der Waals surface area contributed by atoms with Crippen molar-refractivity contribution in [2.24, 2.45) is 5.10 Å². The predicted octanol–water partition coefficient (Wildman–Crippen LogP) is 2.94. The number of aryl methyl sites for hydroxylation is 1. The van der Waals surface area contributed by atoms with Gasteiger partial charge in [-0.05, 0) is 29.5 Å². The van der Waals surface area contributed by atoms with E-state index in [9.17, 15) is 14.9 Å². The van der Waals surface area contributed by atoms with Crippen molar-refractivity contribution in [2.75, 3.05) is 21.3 Å². The number of benzene rings is 2. The van der Waals surface area contributed by atoms with Crippen LogP contribution in [0.1, 0.15) is 27.2 Å². The molecule has 11 heteroatoms. The van der Waals surface area contributed by atoms with Gasteiger partial charge in [0.05, 0.1) is 56.5 Å². The van der Waals surface area contributed by atoms with Crippen LogP contribution in [0.2, 0.25) is 0 Å². The lowest BCUT2D eigenvalue weighted by molar-refractivity contribution is -0.389. The second-order valence-corrected chi connectivity index (χ2v) is 6.90. The number of nitro groups is 1. The molecule has 0 atom stereocenters. The van der Waals surface area contributed by atoms with Gasteiger partial charge >= 0.3 is 5.82 Å². The number of nitrogens with zero attached hydrogens (tertiary/aromatic N) is 4. The molecule has 0 saturated carbocycles. The molecule has 3 rings (SSSR count). The van der Waals surface area contributed by atoms with Gasteiger partial charge in [-0.2, -0.15) is 9.78 Å². The van der Waals surface area contributed by atoms with Crippen LogP contribution in [0.4, 0.5) is 5.82 Å². The first kappa shape index (κ1) is 23.3. The molecule has 0 radical (unpaired) electrons. The number of carbonyl (C=O) groups excluding carboxylic acids is 1. The first-order valence-electron chi connectivity index (χ1n) is 9.77. The van der Waals surface area contributed by atoms with Crippen molar-refractivity contribution in [2.45, 2.75) is 13.5 Å². The van der Waals surface area contributed by atoms with Crippen LogP contribution >= 0.6 is 0 Å². The lowest BCUT2D eigenvalue weighted by Gasteiger charge is -2.12. The highest BCUT2D eigenvalue weighted by molar-refractivity contribution is 5.95. The molecule has 1 aromatic heterocycles. The molecular formula is C22H23N5O6. The van der Waals surface area contributed by atoms with E-state index in [0.717, 1.165) is 5.56 Å². The van der Waals surface area contributed by atoms with Gasteiger partial charge in [0.2, 0.25) is 0 Å². The number of amides is 1. The Bertz CT molecular complexity index is 1160. The van der Waals surface area contributed by atoms with Gasteiger partial charge in [0.1, 0.15) is 17.2 Å². The van der Waals surface area contributed by atoms with Crippen molar-refractivity contribution < 1.29 is 23.9 Å². The van der Waals surface area contributed by atoms with Crippen molar-refractivity contribution in [3.05, 3.63) is 75.0 Å². The Morgan fingerprint density at radius 1 is 1.12 bits per heavy atom. The van der Waals surface area contributed by atoms with Crippen LogP contribution in [0.25, 0.3) is 0 Å². The Kier molecular flexibility index (Phi) is 7.24. The molecule has 2 aromatic carbocycles. The van der Waals surface area contributed by atoms with Crippen LogP contribution in [0.3, 0.4) is 0 Å². The van der Waals surface area contributed by atoms with E-state index < -0.39 is 10.8 Å². The van der Waals surface area contributed by atoms with Gasteiger partial charge in [-0.25, -0.2) is 5.43 Å². The maximum absolute atomic E-state index is 12.4. The molecule has 1 amide bonds. The van der Waals surface area contributed by atoms with Crippen LogP contribution < -0.4 is 19.6 Å². The number of rotatable bonds is 9. The zero-order valence-corrected chi connectivity index (χ0v) is 18.6. The summed E-state index contributed by atoms with van der Waals surface area (Å²) < 4.78 is 17.4. The van der Waals surface area contributed by atoms with Gasteiger partial charge < -0.3 is 24.3 Å². The van der Waals surface area contributed by atoms with Crippen LogP contribution in [0.15, 0.2) is 47.6 Å². The Morgan fingerprint density at radius 3 is 2.27 bits per heavy atom. The van der Waals surface area contributed by atoms with Gasteiger partial charge in [-0.15, -0.1) is 0 Å². The molecule has 0 aliphatic carbocycles. The SMILES string of the molecule is COc1cc(OC)c(/C=N\NC(=O)c2ccc(Cn3nc([N+](=O)[O-])cc3C)cc2)c(OC)c1. The zero-order valence-electron chi connectivity index (χ0n) is 18.6. The Balaban J connectivity index is 1.68. The van der Waals surface area contributed by atoms with Crippen molar-refractivity contribution in [3.8, 4) is 17.2 Å². The van der Waals surface area contributed by atoms with Crippen LogP contribution in [0, 0.1) is 17.0 Å². The van der Waals surface area contributed by atoms with E-state index in [1.165, 1.54) is 38.3 Å². The molecule has 0 spiro atoms. The summed E-state index contributed by atoms with van der Waals surface area (Å²) in [6.07, 6.45) is 1.43. The van der Waals surface area contributed by atoms with Gasteiger partial charge in [0.25, 0.3) is 5.91 Å². The Hall–Kier alpha value is -4.41. The first-order valence-corrected chi connectivity index (χ1v) is 9.77. The summed E-state index contributed by atoms with van der Waals surface area (Å²) in [6.45, 7) is 2.09. The standard InChI is InChI=1S/C22H23N5O6/c1-14-9-21(27(29)30)25-26(14)13-15-5-7-16(8-6-15)22(28)24-23-12-18-19(32-3)10-17(31-2)11-20(18)33-4/h5-12H,13H2,1-4H3,(H,24,28)/b23-12-. The fourth-order valence-electron chi connectivity index (χ4n) is 3.06. The number of ether oxygens (including phenoxy) is 3. The van der Waals surface area contributed by atoms with Crippen LogP contribution in [-0.4, -0.2) is 48.2 Å². The van der Waals surface area contributed by atoms with E-state index in [4.69, 9.17) is 14.2 Å². The second kappa shape index (κ2) is 10.3. The third-order valence-corrected chi connectivity index (χ3v) is 4.82. The summed E-state index contributed by atoms with van der Waals surface area (Å²) in [7, 11) is 4.55. The second-order valence-electron chi connectivity index (χ2n) is 6.90. The maximum atomic E-state index is 12.4. The molecule has 0 saturated heterocycles. The van der Waals surface area contributed by atoms with E-state index in [-0.39, 0.29) is 5.82 Å². The molecular weight excluding hydrogens is 430 g/mol. The smallest absolute Gasteiger partial charge is 0.390 e. The van der Waals surface area contributed by atoms with Gasteiger partial charge in [-0.1, -0.05) is 12.1 Å². The number of carbonyl (C=O) groups is 1. The minimum absolute atomic E-state index is 0.202. The third kappa shape index (κ3) is 5.45. The summed E-state index contributed by atoms with van der Waals surface area (Å²) in [6, 6.07) is 11.6. The number of hydrogen-bond acceptors (Lipinski definition) is 8. The summed E-state index contributed by atoms with van der Waals surface area (Å²) in [5, 5.41) is 18.8. The summed E-state index contributed by atoms with van der Waals surface area (Å²) in [4.78, 5) is 22.8. The summed E-state index contributed by atoms with van der Waals surface area (Å²) >= 11 is 0. The lowest BCUT2D eigenvalue weighted by Crippen LogP contribution is -2.17. The topological polar surface area (TPSA) is 130 Å². The highest BCUT2D eigenvalue weighted by Gasteiger charge is 2.16. The average molecular weight is 453 g/mol. The quantitative estimate of drug-likeness (QED) is 0.299. The molecule has 0 unspecified atom stereocenters. The molecule has 0 bridgehead atoms. The molecule has 0 aliphatic rings. The fourth-order valence-corrected chi connectivity index (χ4v) is 3.06. The molecule has 33 heavy (non-hydrogen) atoms. The van der Waals surface area contributed by atoms with Crippen molar-refractivity contribution in [1.29, 1.82) is 0 Å². The molecule has 0 aliphatic heterocycles. The lowest BCUT2D eigenvalue weighted by atomic mass is 10.1. The van der Waals surface area contributed by atoms with Gasteiger partial charge in [0, 0.05) is 17.7 Å². The number of aromatic nitrogens is 2. The minimum atomic E-state index is -0.533. The number of hydrogen-bond donors (Lipinski definition) is 1. The largest absolute Gasteiger partial charge is 0.496 e. The Labute approximate surface area is 189 Å². The van der Waals surface area contributed by atoms with Gasteiger partial charge in [-0.3, -0.25) is 4.79 Å². The average Bonchev–Trinajstić information content (AvgIpc) is 3.19. The fraction of sp³-hybridized carbons (Fsp3) is 0.227. The maximum Gasteiger partial charge on any atom is 0.390 e. The molecule has 0 fully saturated rings. The van der Waals surface area contributed by atoms with Crippen LogP contribution in [-0.2, 0) is 6.54 Å². The van der Waals surface area contributed by atoms with Gasteiger partial charge in [0.15, 0.2) is 0 Å². The molecule has 11 nitrogen and oxygen atoms in total. The van der Waals surface area contributed by atoms with Crippen molar-refractivity contribution in [3.63, 3.8) is 0 Å². The molecule has 1 N–H and O–H groups in total. The number of methoxy groups -OCH3 is 3. The normalized spacial score (nSPS) is 10.8. The highest BCUT2D eigenvalue weighted by Crippen LogP contribution is 2.32.